The van der Waals surface area contributed by atoms with Crippen molar-refractivity contribution in [2.75, 3.05) is 7.11 Å². The van der Waals surface area contributed by atoms with Gasteiger partial charge in [0.25, 0.3) is 0 Å². The van der Waals surface area contributed by atoms with Crippen LogP contribution in [0.25, 0.3) is 0 Å². The number of benzene rings is 1. The van der Waals surface area contributed by atoms with E-state index in [0.29, 0.717) is 17.9 Å². The Kier molecular flexibility index (Phi) is 5.01. The van der Waals surface area contributed by atoms with Crippen LogP contribution in [0, 0.1) is 0 Å². The van der Waals surface area contributed by atoms with Crippen LogP contribution in [0.15, 0.2) is 39.9 Å². The standard InChI is InChI=1S/C17H21NOS2/c1-12-8-16(15-6-7-20-17(15)21-12)18-10-13-4-3-5-14(9-13)11-19-2/h3-7,9,12,16,18H,8,10-11H2,1-2H3/t12-,16?/m0/s1. The molecule has 0 saturated heterocycles. The van der Waals surface area contributed by atoms with E-state index in [-0.39, 0.29) is 0 Å². The smallest absolute Gasteiger partial charge is 0.0713 e. The SMILES string of the molecule is COCc1cccc(CNC2C[C@H](C)Sc3sccc32)c1. The normalized spacial score (nSPS) is 21.2. The molecule has 1 N–H and O–H groups in total. The van der Waals surface area contributed by atoms with Crippen molar-refractivity contribution < 1.29 is 4.74 Å². The topological polar surface area (TPSA) is 21.3 Å². The van der Waals surface area contributed by atoms with Crippen molar-refractivity contribution in [1.29, 1.82) is 0 Å². The van der Waals surface area contributed by atoms with Gasteiger partial charge in [0, 0.05) is 24.9 Å². The summed E-state index contributed by atoms with van der Waals surface area (Å²) < 4.78 is 6.69. The summed E-state index contributed by atoms with van der Waals surface area (Å²) in [5.74, 6) is 0. The first-order valence-corrected chi connectivity index (χ1v) is 9.06. The van der Waals surface area contributed by atoms with Crippen LogP contribution in [0.3, 0.4) is 0 Å². The van der Waals surface area contributed by atoms with E-state index in [1.165, 1.54) is 27.3 Å². The maximum absolute atomic E-state index is 5.21. The Morgan fingerprint density at radius 1 is 1.29 bits per heavy atom. The molecule has 2 heterocycles. The summed E-state index contributed by atoms with van der Waals surface area (Å²) in [5, 5.41) is 6.63. The number of ether oxygens (including phenoxy) is 1. The lowest BCUT2D eigenvalue weighted by Gasteiger charge is -2.27. The first-order chi connectivity index (χ1) is 10.3. The lowest BCUT2D eigenvalue weighted by Crippen LogP contribution is -2.26. The van der Waals surface area contributed by atoms with Crippen LogP contribution in [-0.4, -0.2) is 12.4 Å². The maximum atomic E-state index is 5.21. The number of hydrogen-bond donors (Lipinski definition) is 1. The van der Waals surface area contributed by atoms with E-state index < -0.39 is 0 Å². The van der Waals surface area contributed by atoms with Crippen molar-refractivity contribution in [3.8, 4) is 0 Å². The van der Waals surface area contributed by atoms with Gasteiger partial charge in [-0.1, -0.05) is 31.2 Å². The molecule has 0 amide bonds. The second-order valence-electron chi connectivity index (χ2n) is 5.51. The molecule has 0 radical (unpaired) electrons. The molecule has 0 spiro atoms. The van der Waals surface area contributed by atoms with E-state index in [0.717, 1.165) is 6.54 Å². The predicted octanol–water partition coefficient (Wildman–Crippen LogP) is 4.61. The number of rotatable bonds is 5. The lowest BCUT2D eigenvalue weighted by molar-refractivity contribution is 0.185. The van der Waals surface area contributed by atoms with Gasteiger partial charge >= 0.3 is 0 Å². The fourth-order valence-corrected chi connectivity index (χ4v) is 5.35. The van der Waals surface area contributed by atoms with Crippen LogP contribution in [0.4, 0.5) is 0 Å². The van der Waals surface area contributed by atoms with Gasteiger partial charge < -0.3 is 10.1 Å². The third kappa shape index (κ3) is 3.69. The zero-order valence-electron chi connectivity index (χ0n) is 12.5. The van der Waals surface area contributed by atoms with E-state index >= 15 is 0 Å². The van der Waals surface area contributed by atoms with Crippen LogP contribution >= 0.6 is 23.1 Å². The zero-order valence-corrected chi connectivity index (χ0v) is 14.1. The molecule has 1 aliphatic heterocycles. The Hall–Kier alpha value is -0.810. The number of hydrogen-bond acceptors (Lipinski definition) is 4. The molecule has 0 saturated carbocycles. The van der Waals surface area contributed by atoms with E-state index in [2.05, 4.69) is 48.0 Å². The van der Waals surface area contributed by atoms with Gasteiger partial charge in [0.1, 0.15) is 0 Å². The lowest BCUT2D eigenvalue weighted by atomic mass is 10.0. The van der Waals surface area contributed by atoms with Crippen LogP contribution in [0.2, 0.25) is 0 Å². The molecule has 1 aromatic carbocycles. The average Bonchev–Trinajstić information content (AvgIpc) is 2.93. The summed E-state index contributed by atoms with van der Waals surface area (Å²) in [6, 6.07) is 11.4. The summed E-state index contributed by atoms with van der Waals surface area (Å²) in [6.07, 6.45) is 1.20. The number of thiophene rings is 1. The molecule has 1 unspecified atom stereocenters. The Morgan fingerprint density at radius 3 is 3.00 bits per heavy atom. The Bertz CT molecular complexity index is 596. The molecular formula is C17H21NOS2. The first kappa shape index (κ1) is 15.1. The van der Waals surface area contributed by atoms with E-state index in [1.807, 2.05) is 23.1 Å². The summed E-state index contributed by atoms with van der Waals surface area (Å²) in [5.41, 5.74) is 4.05. The molecule has 2 atom stereocenters. The van der Waals surface area contributed by atoms with E-state index in [9.17, 15) is 0 Å². The molecule has 0 bridgehead atoms. The second kappa shape index (κ2) is 6.97. The highest BCUT2D eigenvalue weighted by atomic mass is 32.2. The fraction of sp³-hybridized carbons (Fsp3) is 0.412. The quantitative estimate of drug-likeness (QED) is 0.869. The summed E-state index contributed by atoms with van der Waals surface area (Å²) in [7, 11) is 1.74. The largest absolute Gasteiger partial charge is 0.380 e. The van der Waals surface area contributed by atoms with Gasteiger partial charge in [0.05, 0.1) is 10.8 Å². The minimum atomic E-state index is 0.480. The van der Waals surface area contributed by atoms with Gasteiger partial charge in [-0.15, -0.1) is 23.1 Å². The van der Waals surface area contributed by atoms with Gasteiger partial charge in [-0.25, -0.2) is 0 Å². The third-order valence-electron chi connectivity index (χ3n) is 3.76. The Morgan fingerprint density at radius 2 is 2.14 bits per heavy atom. The molecule has 0 aliphatic carbocycles. The van der Waals surface area contributed by atoms with Gasteiger partial charge in [-0.3, -0.25) is 0 Å². The number of fused-ring (bicyclic) bond motifs is 1. The third-order valence-corrected chi connectivity index (χ3v) is 6.11. The van der Waals surface area contributed by atoms with Crippen LogP contribution in [0.5, 0.6) is 0 Å². The Labute approximate surface area is 134 Å². The van der Waals surface area contributed by atoms with E-state index in [4.69, 9.17) is 4.74 Å². The molecule has 0 fully saturated rings. The molecule has 2 aromatic rings. The summed E-state index contributed by atoms with van der Waals surface area (Å²) in [6.45, 7) is 3.91. The zero-order chi connectivity index (χ0) is 14.7. The highest BCUT2D eigenvalue weighted by molar-refractivity contribution is 8.01. The van der Waals surface area contributed by atoms with Gasteiger partial charge in [0.2, 0.25) is 0 Å². The van der Waals surface area contributed by atoms with Crippen LogP contribution in [-0.2, 0) is 17.9 Å². The average molecular weight is 319 g/mol. The fourth-order valence-electron chi connectivity index (χ4n) is 2.78. The highest BCUT2D eigenvalue weighted by Gasteiger charge is 2.25. The maximum Gasteiger partial charge on any atom is 0.0713 e. The van der Waals surface area contributed by atoms with Crippen LogP contribution in [0.1, 0.15) is 36.1 Å². The number of nitrogens with one attached hydrogen (secondary N) is 1. The first-order valence-electron chi connectivity index (χ1n) is 7.30. The molecule has 112 valence electrons. The number of thioether (sulfide) groups is 1. The molecule has 1 aromatic heterocycles. The van der Waals surface area contributed by atoms with E-state index in [1.54, 1.807) is 7.11 Å². The van der Waals surface area contributed by atoms with Crippen molar-refractivity contribution in [3.05, 3.63) is 52.4 Å². The van der Waals surface area contributed by atoms with Gasteiger partial charge in [0.15, 0.2) is 0 Å². The highest BCUT2D eigenvalue weighted by Crippen LogP contribution is 2.43. The van der Waals surface area contributed by atoms with Crippen molar-refractivity contribution in [2.24, 2.45) is 0 Å². The second-order valence-corrected chi connectivity index (χ2v) is 8.14. The monoisotopic (exact) mass is 319 g/mol. The minimum Gasteiger partial charge on any atom is -0.380 e. The molecular weight excluding hydrogens is 298 g/mol. The summed E-state index contributed by atoms with van der Waals surface area (Å²) >= 11 is 3.88. The van der Waals surface area contributed by atoms with Crippen LogP contribution < -0.4 is 5.32 Å². The Balaban J connectivity index is 1.67. The summed E-state index contributed by atoms with van der Waals surface area (Å²) in [4.78, 5) is 0. The van der Waals surface area contributed by atoms with Crippen molar-refractivity contribution >= 4 is 23.1 Å². The van der Waals surface area contributed by atoms with Gasteiger partial charge in [-0.2, -0.15) is 0 Å². The minimum absolute atomic E-state index is 0.480. The van der Waals surface area contributed by atoms with Gasteiger partial charge in [-0.05, 0) is 34.6 Å². The number of methoxy groups -OCH3 is 1. The molecule has 21 heavy (non-hydrogen) atoms. The van der Waals surface area contributed by atoms with Crippen molar-refractivity contribution in [1.82, 2.24) is 5.32 Å². The molecule has 3 rings (SSSR count). The molecule has 1 aliphatic rings. The van der Waals surface area contributed by atoms with Crippen molar-refractivity contribution in [3.63, 3.8) is 0 Å². The molecule has 2 nitrogen and oxygen atoms in total. The molecule has 4 heteroatoms. The predicted molar refractivity (Wildman–Crippen MR) is 91.0 cm³/mol. The van der Waals surface area contributed by atoms with Crippen molar-refractivity contribution in [2.45, 2.75) is 42.0 Å².